The van der Waals surface area contributed by atoms with Gasteiger partial charge >= 0.3 is 0 Å². The number of benzene rings is 1. The molecule has 0 aliphatic carbocycles. The molecule has 100 valence electrons. The maximum absolute atomic E-state index is 13.7. The highest BCUT2D eigenvalue weighted by Gasteiger charge is 2.17. The van der Waals surface area contributed by atoms with Crippen molar-refractivity contribution in [3.05, 3.63) is 28.2 Å². The summed E-state index contributed by atoms with van der Waals surface area (Å²) >= 11 is 3.20. The summed E-state index contributed by atoms with van der Waals surface area (Å²) < 4.78 is 27.1. The minimum absolute atomic E-state index is 0.242. The van der Waals surface area contributed by atoms with E-state index in [1.807, 2.05) is 0 Å². The van der Waals surface area contributed by atoms with Crippen LogP contribution in [0.2, 0.25) is 0 Å². The van der Waals surface area contributed by atoms with Gasteiger partial charge in [-0.05, 0) is 61.4 Å². The highest BCUT2D eigenvalue weighted by molar-refractivity contribution is 9.10. The van der Waals surface area contributed by atoms with Gasteiger partial charge in [-0.1, -0.05) is 0 Å². The lowest BCUT2D eigenvalue weighted by atomic mass is 10.1. The number of hydrogen-bond donors (Lipinski definition) is 1. The van der Waals surface area contributed by atoms with Crippen LogP contribution in [-0.4, -0.2) is 31.1 Å². The van der Waals surface area contributed by atoms with Crippen LogP contribution in [0.1, 0.15) is 19.3 Å². The minimum atomic E-state index is -0.564. The van der Waals surface area contributed by atoms with Crippen LogP contribution in [0.5, 0.6) is 0 Å². The molecule has 1 saturated heterocycles. The molecule has 18 heavy (non-hydrogen) atoms. The van der Waals surface area contributed by atoms with Crippen LogP contribution >= 0.6 is 15.9 Å². The monoisotopic (exact) mass is 318 g/mol. The molecule has 1 aliphatic rings. The molecule has 0 bridgehead atoms. The van der Waals surface area contributed by atoms with Crippen molar-refractivity contribution in [2.24, 2.45) is 0 Å². The molecule has 1 unspecified atom stereocenters. The zero-order valence-corrected chi connectivity index (χ0v) is 11.9. The summed E-state index contributed by atoms with van der Waals surface area (Å²) in [6.07, 6.45) is 3.07. The summed E-state index contributed by atoms with van der Waals surface area (Å²) in [5.41, 5.74) is 0.367. The molecule has 1 fully saturated rings. The van der Waals surface area contributed by atoms with Gasteiger partial charge in [0.05, 0.1) is 5.69 Å². The molecule has 0 radical (unpaired) electrons. The lowest BCUT2D eigenvalue weighted by Gasteiger charge is -2.19. The zero-order chi connectivity index (χ0) is 13.1. The van der Waals surface area contributed by atoms with Crippen molar-refractivity contribution in [2.75, 3.05) is 25.5 Å². The maximum Gasteiger partial charge on any atom is 0.150 e. The van der Waals surface area contributed by atoms with Gasteiger partial charge in [-0.2, -0.15) is 0 Å². The van der Waals surface area contributed by atoms with Crippen molar-refractivity contribution < 1.29 is 8.78 Å². The van der Waals surface area contributed by atoms with Gasteiger partial charge in [0.25, 0.3) is 0 Å². The Bertz CT molecular complexity index is 402. The second kappa shape index (κ2) is 5.97. The van der Waals surface area contributed by atoms with Gasteiger partial charge in [-0.3, -0.25) is 0 Å². The average Bonchev–Trinajstić information content (AvgIpc) is 2.48. The summed E-state index contributed by atoms with van der Waals surface area (Å²) in [5.74, 6) is -1.11. The standard InChI is InChI=1S/C13H17BrF2N2/c1-18-5-2-3-10(4-6-18)17-13-11(14)7-9(15)8-12(13)16/h7-8,10,17H,2-6H2,1H3. The second-order valence-electron chi connectivity index (χ2n) is 4.82. The molecule has 0 saturated carbocycles. The minimum Gasteiger partial charge on any atom is -0.379 e. The highest BCUT2D eigenvalue weighted by Crippen LogP contribution is 2.28. The number of nitrogens with one attached hydrogen (secondary N) is 1. The van der Waals surface area contributed by atoms with Crippen LogP contribution in [0.3, 0.4) is 0 Å². The Balaban J connectivity index is 2.09. The molecule has 1 aromatic carbocycles. The fourth-order valence-electron chi connectivity index (χ4n) is 2.27. The first-order chi connectivity index (χ1) is 8.56. The van der Waals surface area contributed by atoms with Crippen molar-refractivity contribution in [3.8, 4) is 0 Å². The van der Waals surface area contributed by atoms with Crippen molar-refractivity contribution >= 4 is 21.6 Å². The van der Waals surface area contributed by atoms with Crippen molar-refractivity contribution in [3.63, 3.8) is 0 Å². The average molecular weight is 319 g/mol. The molecule has 1 atom stereocenters. The van der Waals surface area contributed by atoms with E-state index >= 15 is 0 Å². The third-order valence-corrected chi connectivity index (χ3v) is 3.93. The lowest BCUT2D eigenvalue weighted by Crippen LogP contribution is -2.23. The summed E-state index contributed by atoms with van der Waals surface area (Å²) in [6.45, 7) is 2.07. The highest BCUT2D eigenvalue weighted by atomic mass is 79.9. The maximum atomic E-state index is 13.7. The van der Waals surface area contributed by atoms with E-state index in [0.717, 1.165) is 38.4 Å². The second-order valence-corrected chi connectivity index (χ2v) is 5.67. The summed E-state index contributed by atoms with van der Waals surface area (Å²) in [6, 6.07) is 2.44. The van der Waals surface area contributed by atoms with E-state index in [-0.39, 0.29) is 6.04 Å². The molecule has 0 aromatic heterocycles. The van der Waals surface area contributed by atoms with Gasteiger partial charge in [0.15, 0.2) is 0 Å². The van der Waals surface area contributed by atoms with Crippen LogP contribution in [0.25, 0.3) is 0 Å². The fraction of sp³-hybridized carbons (Fsp3) is 0.538. The van der Waals surface area contributed by atoms with Crippen molar-refractivity contribution in [1.82, 2.24) is 4.90 Å². The molecule has 0 spiro atoms. The van der Waals surface area contributed by atoms with Crippen molar-refractivity contribution in [2.45, 2.75) is 25.3 Å². The van der Waals surface area contributed by atoms with Crippen LogP contribution in [-0.2, 0) is 0 Å². The van der Waals surface area contributed by atoms with Gasteiger partial charge in [-0.25, -0.2) is 8.78 Å². The Labute approximate surface area is 114 Å². The smallest absolute Gasteiger partial charge is 0.150 e. The third-order valence-electron chi connectivity index (χ3n) is 3.31. The first kappa shape index (κ1) is 13.7. The number of likely N-dealkylation sites (tertiary alicyclic amines) is 1. The van der Waals surface area contributed by atoms with Crippen LogP contribution < -0.4 is 5.32 Å². The van der Waals surface area contributed by atoms with Gasteiger partial charge < -0.3 is 10.2 Å². The van der Waals surface area contributed by atoms with E-state index in [4.69, 9.17) is 0 Å². The fourth-order valence-corrected chi connectivity index (χ4v) is 2.79. The Morgan fingerprint density at radius 3 is 2.78 bits per heavy atom. The predicted octanol–water partition coefficient (Wildman–Crippen LogP) is 3.62. The number of anilines is 1. The molecule has 2 rings (SSSR count). The van der Waals surface area contributed by atoms with Crippen LogP contribution in [0, 0.1) is 11.6 Å². The van der Waals surface area contributed by atoms with E-state index in [0.29, 0.717) is 10.2 Å². The molecular formula is C13H17BrF2N2. The Hall–Kier alpha value is -0.680. The van der Waals surface area contributed by atoms with E-state index in [1.165, 1.54) is 6.07 Å². The van der Waals surface area contributed by atoms with Crippen LogP contribution in [0.4, 0.5) is 14.5 Å². The quantitative estimate of drug-likeness (QED) is 0.896. The zero-order valence-electron chi connectivity index (χ0n) is 10.3. The van der Waals surface area contributed by atoms with Crippen LogP contribution in [0.15, 0.2) is 16.6 Å². The van der Waals surface area contributed by atoms with Gasteiger partial charge in [0, 0.05) is 16.6 Å². The number of halogens is 3. The molecule has 1 aromatic rings. The molecule has 1 heterocycles. The van der Waals surface area contributed by atoms with E-state index in [2.05, 4.69) is 33.2 Å². The molecule has 5 heteroatoms. The Kier molecular flexibility index (Phi) is 4.56. The number of rotatable bonds is 2. The summed E-state index contributed by atoms with van der Waals surface area (Å²) in [5, 5.41) is 3.19. The Morgan fingerprint density at radius 1 is 1.28 bits per heavy atom. The first-order valence-corrected chi connectivity index (χ1v) is 6.95. The van der Waals surface area contributed by atoms with Gasteiger partial charge in [-0.15, -0.1) is 0 Å². The molecular weight excluding hydrogens is 302 g/mol. The van der Waals surface area contributed by atoms with E-state index in [1.54, 1.807) is 0 Å². The number of nitrogens with zero attached hydrogens (tertiary/aromatic N) is 1. The molecule has 2 nitrogen and oxygen atoms in total. The van der Waals surface area contributed by atoms with Crippen molar-refractivity contribution in [1.29, 1.82) is 0 Å². The third kappa shape index (κ3) is 3.42. The SMILES string of the molecule is CN1CCCC(Nc2c(F)cc(F)cc2Br)CC1. The van der Waals surface area contributed by atoms with E-state index in [9.17, 15) is 8.78 Å². The lowest BCUT2D eigenvalue weighted by molar-refractivity contribution is 0.348. The summed E-state index contributed by atoms with van der Waals surface area (Å²) in [4.78, 5) is 2.28. The largest absolute Gasteiger partial charge is 0.379 e. The topological polar surface area (TPSA) is 15.3 Å². The molecule has 0 amide bonds. The van der Waals surface area contributed by atoms with Gasteiger partial charge in [0.2, 0.25) is 0 Å². The van der Waals surface area contributed by atoms with E-state index < -0.39 is 11.6 Å². The number of hydrogen-bond acceptors (Lipinski definition) is 2. The molecule has 1 N–H and O–H groups in total. The first-order valence-electron chi connectivity index (χ1n) is 6.16. The Morgan fingerprint density at radius 2 is 2.06 bits per heavy atom. The summed E-state index contributed by atoms with van der Waals surface area (Å²) in [7, 11) is 2.09. The predicted molar refractivity (Wildman–Crippen MR) is 72.8 cm³/mol. The molecule has 1 aliphatic heterocycles. The normalized spacial score (nSPS) is 21.7. The van der Waals surface area contributed by atoms with Gasteiger partial charge in [0.1, 0.15) is 11.6 Å².